The van der Waals surface area contributed by atoms with Crippen molar-refractivity contribution in [2.24, 2.45) is 0 Å². The number of benzene rings is 2. The fourth-order valence-electron chi connectivity index (χ4n) is 4.16. The molecule has 1 amide bonds. The predicted octanol–water partition coefficient (Wildman–Crippen LogP) is 3.20. The lowest BCUT2D eigenvalue weighted by atomic mass is 10.1. The Labute approximate surface area is 180 Å². The number of sulfonamides is 1. The first-order chi connectivity index (χ1) is 14.2. The summed E-state index contributed by atoms with van der Waals surface area (Å²) in [7, 11) is -3.62. The highest BCUT2D eigenvalue weighted by atomic mass is 32.2. The van der Waals surface area contributed by atoms with Gasteiger partial charge < -0.3 is 9.80 Å². The molecule has 0 radical (unpaired) electrons. The van der Waals surface area contributed by atoms with Gasteiger partial charge in [0.25, 0.3) is 0 Å². The van der Waals surface area contributed by atoms with Crippen molar-refractivity contribution in [3.05, 3.63) is 59.7 Å². The van der Waals surface area contributed by atoms with Crippen LogP contribution in [0.2, 0.25) is 0 Å². The number of piperazine rings is 1. The van der Waals surface area contributed by atoms with Crippen molar-refractivity contribution in [3.8, 4) is 0 Å². The summed E-state index contributed by atoms with van der Waals surface area (Å²) in [5, 5.41) is 0. The summed E-state index contributed by atoms with van der Waals surface area (Å²) in [4.78, 5) is 17.5. The molecule has 0 bridgehead atoms. The minimum absolute atomic E-state index is 0.130. The molecule has 1 atom stereocenters. The molecule has 30 heavy (non-hydrogen) atoms. The third-order valence-corrected chi connectivity index (χ3v) is 6.67. The van der Waals surface area contributed by atoms with Crippen LogP contribution in [0, 0.1) is 13.8 Å². The van der Waals surface area contributed by atoms with Gasteiger partial charge in [-0.05, 0) is 55.7 Å². The summed E-state index contributed by atoms with van der Waals surface area (Å²) in [5.41, 5.74) is 3.64. The second-order valence-electron chi connectivity index (χ2n) is 7.98. The van der Waals surface area contributed by atoms with Crippen molar-refractivity contribution >= 4 is 27.3 Å². The van der Waals surface area contributed by atoms with Crippen LogP contribution in [-0.4, -0.2) is 57.7 Å². The Hall–Kier alpha value is -2.54. The first-order valence-electron chi connectivity index (χ1n) is 10.4. The molecule has 1 saturated heterocycles. The zero-order valence-corrected chi connectivity index (χ0v) is 19.0. The van der Waals surface area contributed by atoms with Gasteiger partial charge in [0.05, 0.1) is 11.9 Å². The Balaban J connectivity index is 1.81. The van der Waals surface area contributed by atoms with E-state index in [4.69, 9.17) is 0 Å². The van der Waals surface area contributed by atoms with E-state index in [9.17, 15) is 13.2 Å². The first-order valence-corrected chi connectivity index (χ1v) is 12.2. The summed E-state index contributed by atoms with van der Waals surface area (Å²) in [6.45, 7) is 8.35. The molecule has 0 unspecified atom stereocenters. The molecule has 0 aromatic heterocycles. The highest BCUT2D eigenvalue weighted by Crippen LogP contribution is 2.26. The number of amides is 1. The van der Waals surface area contributed by atoms with E-state index in [1.54, 1.807) is 4.90 Å². The lowest BCUT2D eigenvalue weighted by Crippen LogP contribution is -2.56. The topological polar surface area (TPSA) is 60.9 Å². The normalized spacial score (nSPS) is 15.7. The summed E-state index contributed by atoms with van der Waals surface area (Å²) in [6, 6.07) is 15.0. The molecule has 2 aromatic carbocycles. The van der Waals surface area contributed by atoms with Gasteiger partial charge in [-0.1, -0.05) is 31.2 Å². The standard InChI is InChI=1S/C23H31N3O3S/c1-5-22(26(30(4,28)29)21-16-18(2)15-19(3)17-21)23(27)25-13-11-24(12-14-25)20-9-7-6-8-10-20/h6-10,15-17,22H,5,11-14H2,1-4H3/t22-/m0/s1. The second-order valence-corrected chi connectivity index (χ2v) is 9.84. The van der Waals surface area contributed by atoms with E-state index in [0.29, 0.717) is 25.2 Å². The molecule has 3 rings (SSSR count). The maximum absolute atomic E-state index is 13.4. The predicted molar refractivity (Wildman–Crippen MR) is 123 cm³/mol. The molecule has 0 N–H and O–H groups in total. The van der Waals surface area contributed by atoms with E-state index in [1.165, 1.54) is 10.6 Å². The molecule has 1 aliphatic rings. The minimum atomic E-state index is -3.62. The summed E-state index contributed by atoms with van der Waals surface area (Å²) < 4.78 is 26.8. The molecule has 1 heterocycles. The van der Waals surface area contributed by atoms with Crippen LogP contribution in [0.5, 0.6) is 0 Å². The van der Waals surface area contributed by atoms with Crippen LogP contribution < -0.4 is 9.21 Å². The first kappa shape index (κ1) is 22.2. The van der Waals surface area contributed by atoms with Crippen molar-refractivity contribution in [1.29, 1.82) is 0 Å². The van der Waals surface area contributed by atoms with Gasteiger partial charge in [-0.25, -0.2) is 8.42 Å². The zero-order chi connectivity index (χ0) is 21.9. The average molecular weight is 430 g/mol. The molecule has 1 aliphatic heterocycles. The number of hydrogen-bond donors (Lipinski definition) is 0. The van der Waals surface area contributed by atoms with Gasteiger partial charge in [0, 0.05) is 31.9 Å². The number of aryl methyl sites for hydroxylation is 2. The van der Waals surface area contributed by atoms with Gasteiger partial charge >= 0.3 is 0 Å². The Morgan fingerprint density at radius 1 is 1.00 bits per heavy atom. The maximum atomic E-state index is 13.4. The van der Waals surface area contributed by atoms with Gasteiger partial charge in [-0.3, -0.25) is 9.10 Å². The van der Waals surface area contributed by atoms with Crippen LogP contribution in [0.25, 0.3) is 0 Å². The number of nitrogens with zero attached hydrogens (tertiary/aromatic N) is 3. The molecule has 7 heteroatoms. The SMILES string of the molecule is CC[C@@H](C(=O)N1CCN(c2ccccc2)CC1)N(c1cc(C)cc(C)c1)S(C)(=O)=O. The Morgan fingerprint density at radius 3 is 2.07 bits per heavy atom. The molecular weight excluding hydrogens is 398 g/mol. The molecule has 162 valence electrons. The van der Waals surface area contributed by atoms with Crippen LogP contribution in [0.3, 0.4) is 0 Å². The third kappa shape index (κ3) is 4.95. The van der Waals surface area contributed by atoms with Crippen LogP contribution in [0.15, 0.2) is 48.5 Å². The van der Waals surface area contributed by atoms with Crippen LogP contribution in [-0.2, 0) is 14.8 Å². The smallest absolute Gasteiger partial charge is 0.246 e. The molecule has 6 nitrogen and oxygen atoms in total. The summed E-state index contributed by atoms with van der Waals surface area (Å²) in [5.74, 6) is -0.130. The van der Waals surface area contributed by atoms with E-state index in [2.05, 4.69) is 17.0 Å². The average Bonchev–Trinajstić information content (AvgIpc) is 2.70. The van der Waals surface area contributed by atoms with E-state index in [-0.39, 0.29) is 5.91 Å². The van der Waals surface area contributed by atoms with Crippen molar-refractivity contribution in [3.63, 3.8) is 0 Å². The monoisotopic (exact) mass is 429 g/mol. The maximum Gasteiger partial charge on any atom is 0.246 e. The second kappa shape index (κ2) is 9.08. The highest BCUT2D eigenvalue weighted by molar-refractivity contribution is 7.92. The number of anilines is 2. The van der Waals surface area contributed by atoms with E-state index in [1.807, 2.05) is 57.2 Å². The number of carbonyl (C=O) groups is 1. The van der Waals surface area contributed by atoms with Crippen molar-refractivity contribution < 1.29 is 13.2 Å². The molecule has 0 saturated carbocycles. The molecular formula is C23H31N3O3S. The van der Waals surface area contributed by atoms with Crippen molar-refractivity contribution in [1.82, 2.24) is 4.90 Å². The van der Waals surface area contributed by atoms with Gasteiger partial charge in [-0.2, -0.15) is 0 Å². The fourth-order valence-corrected chi connectivity index (χ4v) is 5.35. The molecule has 1 fully saturated rings. The van der Waals surface area contributed by atoms with Gasteiger partial charge in [0.1, 0.15) is 6.04 Å². The van der Waals surface area contributed by atoms with Gasteiger partial charge in [0.2, 0.25) is 15.9 Å². The Morgan fingerprint density at radius 2 is 1.57 bits per heavy atom. The van der Waals surface area contributed by atoms with Crippen molar-refractivity contribution in [2.45, 2.75) is 33.2 Å². The van der Waals surface area contributed by atoms with Gasteiger partial charge in [0.15, 0.2) is 0 Å². The lowest BCUT2D eigenvalue weighted by molar-refractivity contribution is -0.132. The Kier molecular flexibility index (Phi) is 6.71. The Bertz CT molecular complexity index is 964. The van der Waals surface area contributed by atoms with Crippen LogP contribution in [0.4, 0.5) is 11.4 Å². The quantitative estimate of drug-likeness (QED) is 0.708. The highest BCUT2D eigenvalue weighted by Gasteiger charge is 2.35. The number of carbonyl (C=O) groups excluding carboxylic acids is 1. The van der Waals surface area contributed by atoms with Crippen LogP contribution >= 0.6 is 0 Å². The number of para-hydroxylation sites is 1. The van der Waals surface area contributed by atoms with Crippen LogP contribution in [0.1, 0.15) is 24.5 Å². The molecule has 2 aromatic rings. The third-order valence-electron chi connectivity index (χ3n) is 5.49. The van der Waals surface area contributed by atoms with E-state index < -0.39 is 16.1 Å². The fraction of sp³-hybridized carbons (Fsp3) is 0.435. The minimum Gasteiger partial charge on any atom is -0.368 e. The summed E-state index contributed by atoms with van der Waals surface area (Å²) >= 11 is 0. The zero-order valence-electron chi connectivity index (χ0n) is 18.2. The number of rotatable bonds is 6. The summed E-state index contributed by atoms with van der Waals surface area (Å²) in [6.07, 6.45) is 1.59. The molecule has 0 aliphatic carbocycles. The van der Waals surface area contributed by atoms with Crippen molar-refractivity contribution in [2.75, 3.05) is 41.6 Å². The largest absolute Gasteiger partial charge is 0.368 e. The molecule has 0 spiro atoms. The number of hydrogen-bond acceptors (Lipinski definition) is 4. The van der Waals surface area contributed by atoms with Gasteiger partial charge in [-0.15, -0.1) is 0 Å². The van der Waals surface area contributed by atoms with E-state index in [0.717, 1.165) is 29.9 Å². The van der Waals surface area contributed by atoms with E-state index >= 15 is 0 Å². The lowest BCUT2D eigenvalue weighted by Gasteiger charge is -2.39.